The molecule has 11 heteroatoms. The summed E-state index contributed by atoms with van der Waals surface area (Å²) in [6, 6.07) is 5.25. The van der Waals surface area contributed by atoms with E-state index in [4.69, 9.17) is 15.2 Å². The summed E-state index contributed by atoms with van der Waals surface area (Å²) in [5.41, 5.74) is 5.60. The molecule has 3 N–H and O–H groups in total. The number of nitrogen functional groups attached to an aromatic ring is 1. The molecule has 2 aromatic rings. The van der Waals surface area contributed by atoms with Crippen LogP contribution in [0.25, 0.3) is 0 Å². The van der Waals surface area contributed by atoms with Gasteiger partial charge >= 0.3 is 5.69 Å². The van der Waals surface area contributed by atoms with Crippen LogP contribution in [-0.2, 0) is 16.1 Å². The number of nitrogens with zero attached hydrogens (tertiary/aromatic N) is 3. The maximum absolute atomic E-state index is 13.8. The second-order valence-electron chi connectivity index (χ2n) is 9.90. The van der Waals surface area contributed by atoms with Crippen LogP contribution in [-0.4, -0.2) is 47.7 Å². The highest BCUT2D eigenvalue weighted by Crippen LogP contribution is 2.36. The molecule has 0 saturated carbocycles. The molecule has 1 aromatic heterocycles. The molecule has 0 radical (unpaired) electrons. The van der Waals surface area contributed by atoms with Crippen molar-refractivity contribution in [2.75, 3.05) is 41.8 Å². The van der Waals surface area contributed by atoms with Crippen molar-refractivity contribution in [1.82, 2.24) is 9.55 Å². The fourth-order valence-corrected chi connectivity index (χ4v) is 4.64. The number of carbonyl (C=O) groups is 2. The maximum Gasteiger partial charge on any atom is 0.330 e. The number of aromatic amines is 1. The molecule has 1 fully saturated rings. The molecule has 3 heterocycles. The van der Waals surface area contributed by atoms with Gasteiger partial charge in [-0.3, -0.25) is 23.9 Å². The van der Waals surface area contributed by atoms with Gasteiger partial charge in [0.1, 0.15) is 19.0 Å². The quantitative estimate of drug-likeness (QED) is 0.523. The topological polar surface area (TPSA) is 140 Å². The third kappa shape index (κ3) is 5.50. The highest BCUT2D eigenvalue weighted by molar-refractivity contribution is 6.05. The first kappa shape index (κ1) is 26.3. The minimum absolute atomic E-state index is 0.00125. The van der Waals surface area contributed by atoms with Crippen LogP contribution in [0.3, 0.4) is 0 Å². The van der Waals surface area contributed by atoms with Crippen LogP contribution in [0.4, 0.5) is 17.2 Å². The van der Waals surface area contributed by atoms with Gasteiger partial charge in [-0.05, 0) is 30.9 Å². The lowest BCUT2D eigenvalue weighted by Crippen LogP contribution is -2.44. The smallest absolute Gasteiger partial charge is 0.330 e. The molecule has 0 aliphatic carbocycles. The van der Waals surface area contributed by atoms with Gasteiger partial charge < -0.3 is 25.0 Å². The number of fused-ring (bicyclic) bond motifs is 1. The van der Waals surface area contributed by atoms with Crippen molar-refractivity contribution in [2.45, 2.75) is 53.0 Å². The fourth-order valence-electron chi connectivity index (χ4n) is 4.64. The third-order valence-electron chi connectivity index (χ3n) is 6.73. The van der Waals surface area contributed by atoms with Gasteiger partial charge in [0.15, 0.2) is 17.2 Å². The number of anilines is 3. The van der Waals surface area contributed by atoms with Crippen molar-refractivity contribution >= 4 is 29.0 Å². The standard InChI is InChI=1S/C26H35N5O6/c1-4-5-9-30-23(27)22(24(33)28-26(30)35)29(10-8-16(2)3)25(34)17-13-21(32)31(15-17)18-6-7-19-20(14-18)37-12-11-36-19/h6-7,14,16-17H,4-5,8-13,15,27H2,1-3H3,(H,28,33,35)/t17-/m0/s1. The summed E-state index contributed by atoms with van der Waals surface area (Å²) >= 11 is 0. The molecule has 4 rings (SSSR count). The normalized spacial score (nSPS) is 16.9. The SMILES string of the molecule is CCCCn1c(N)c(N(CCC(C)C)C(=O)[C@H]2CC(=O)N(c3ccc4c(c3)OCCO4)C2)c(=O)[nH]c1=O. The molecule has 200 valence electrons. The lowest BCUT2D eigenvalue weighted by atomic mass is 10.0. The van der Waals surface area contributed by atoms with Gasteiger partial charge in [0, 0.05) is 37.8 Å². The summed E-state index contributed by atoms with van der Waals surface area (Å²) in [4.78, 5) is 57.4. The number of hydrogen-bond donors (Lipinski definition) is 2. The molecular weight excluding hydrogens is 478 g/mol. The van der Waals surface area contributed by atoms with E-state index < -0.39 is 17.2 Å². The van der Waals surface area contributed by atoms with Crippen LogP contribution in [0.2, 0.25) is 0 Å². The van der Waals surface area contributed by atoms with Gasteiger partial charge in [-0.25, -0.2) is 4.79 Å². The Labute approximate surface area is 215 Å². The molecule has 0 spiro atoms. The van der Waals surface area contributed by atoms with Crippen molar-refractivity contribution in [3.63, 3.8) is 0 Å². The predicted octanol–water partition coefficient (Wildman–Crippen LogP) is 2.12. The van der Waals surface area contributed by atoms with Gasteiger partial charge in [0.2, 0.25) is 11.8 Å². The minimum Gasteiger partial charge on any atom is -0.486 e. The molecule has 2 aliphatic rings. The molecule has 11 nitrogen and oxygen atoms in total. The molecule has 0 bridgehead atoms. The van der Waals surface area contributed by atoms with Crippen LogP contribution in [0.15, 0.2) is 27.8 Å². The Morgan fingerprint density at radius 2 is 1.92 bits per heavy atom. The third-order valence-corrected chi connectivity index (χ3v) is 6.73. The van der Waals surface area contributed by atoms with E-state index in [1.54, 1.807) is 23.1 Å². The number of unbranched alkanes of at least 4 members (excludes halogenated alkanes) is 1. The van der Waals surface area contributed by atoms with Crippen molar-refractivity contribution < 1.29 is 19.1 Å². The predicted molar refractivity (Wildman–Crippen MR) is 140 cm³/mol. The fraction of sp³-hybridized carbons (Fsp3) is 0.538. The van der Waals surface area contributed by atoms with E-state index >= 15 is 0 Å². The Bertz CT molecular complexity index is 1280. The zero-order valence-electron chi connectivity index (χ0n) is 21.6. The van der Waals surface area contributed by atoms with Crippen molar-refractivity contribution in [3.8, 4) is 11.5 Å². The Balaban J connectivity index is 1.64. The Kier molecular flexibility index (Phi) is 7.89. The molecule has 1 atom stereocenters. The Morgan fingerprint density at radius 1 is 1.19 bits per heavy atom. The monoisotopic (exact) mass is 513 g/mol. The van der Waals surface area contributed by atoms with Crippen LogP contribution >= 0.6 is 0 Å². The van der Waals surface area contributed by atoms with Gasteiger partial charge in [-0.1, -0.05) is 27.2 Å². The largest absolute Gasteiger partial charge is 0.486 e. The summed E-state index contributed by atoms with van der Waals surface area (Å²) < 4.78 is 12.5. The summed E-state index contributed by atoms with van der Waals surface area (Å²) in [5.74, 6) is 0.136. The van der Waals surface area contributed by atoms with E-state index in [9.17, 15) is 19.2 Å². The maximum atomic E-state index is 13.8. The Morgan fingerprint density at radius 3 is 2.62 bits per heavy atom. The number of H-pyrrole nitrogens is 1. The first-order chi connectivity index (χ1) is 17.7. The summed E-state index contributed by atoms with van der Waals surface area (Å²) in [6.07, 6.45) is 2.14. The first-order valence-electron chi connectivity index (χ1n) is 12.8. The molecule has 0 unspecified atom stereocenters. The number of nitrogens with two attached hydrogens (primary N) is 1. The number of rotatable bonds is 9. The van der Waals surface area contributed by atoms with Gasteiger partial charge in [0.05, 0.1) is 5.92 Å². The Hall–Kier alpha value is -3.76. The van der Waals surface area contributed by atoms with Crippen molar-refractivity contribution in [3.05, 3.63) is 39.0 Å². The average Bonchev–Trinajstić information content (AvgIpc) is 3.26. The summed E-state index contributed by atoms with van der Waals surface area (Å²) in [6.45, 7) is 7.63. The second kappa shape index (κ2) is 11.1. The van der Waals surface area contributed by atoms with Crippen LogP contribution in [0, 0.1) is 11.8 Å². The zero-order valence-corrected chi connectivity index (χ0v) is 21.6. The molecule has 1 aromatic carbocycles. The zero-order chi connectivity index (χ0) is 26.7. The second-order valence-corrected chi connectivity index (χ2v) is 9.90. The van der Waals surface area contributed by atoms with E-state index in [-0.39, 0.29) is 48.7 Å². The van der Waals surface area contributed by atoms with Crippen LogP contribution < -0.4 is 36.3 Å². The average molecular weight is 514 g/mol. The lowest BCUT2D eigenvalue weighted by molar-refractivity contribution is -0.124. The van der Waals surface area contributed by atoms with Gasteiger partial charge in [-0.15, -0.1) is 0 Å². The number of aromatic nitrogens is 2. The van der Waals surface area contributed by atoms with E-state index in [1.165, 1.54) is 9.47 Å². The molecule has 37 heavy (non-hydrogen) atoms. The van der Waals surface area contributed by atoms with Crippen molar-refractivity contribution in [2.24, 2.45) is 11.8 Å². The van der Waals surface area contributed by atoms with E-state index in [0.717, 1.165) is 6.42 Å². The number of carbonyl (C=O) groups excluding carboxylic acids is 2. The van der Waals surface area contributed by atoms with E-state index in [2.05, 4.69) is 4.98 Å². The number of hydrogen-bond acceptors (Lipinski definition) is 7. The van der Waals surface area contributed by atoms with Crippen LogP contribution in [0.1, 0.15) is 46.5 Å². The molecule has 1 saturated heterocycles. The van der Waals surface area contributed by atoms with E-state index in [0.29, 0.717) is 49.8 Å². The minimum atomic E-state index is -0.708. The highest BCUT2D eigenvalue weighted by atomic mass is 16.6. The van der Waals surface area contributed by atoms with Gasteiger partial charge in [0.25, 0.3) is 5.56 Å². The number of ether oxygens (including phenoxy) is 2. The molecular formula is C26H35N5O6. The molecule has 2 aliphatic heterocycles. The van der Waals surface area contributed by atoms with Crippen LogP contribution in [0.5, 0.6) is 11.5 Å². The molecule has 2 amide bonds. The number of benzene rings is 1. The first-order valence-corrected chi connectivity index (χ1v) is 12.8. The van der Waals surface area contributed by atoms with Gasteiger partial charge in [-0.2, -0.15) is 0 Å². The number of nitrogens with one attached hydrogen (secondary N) is 1. The van der Waals surface area contributed by atoms with E-state index in [1.807, 2.05) is 20.8 Å². The summed E-state index contributed by atoms with van der Waals surface area (Å²) in [5, 5.41) is 0. The number of amides is 2. The summed E-state index contributed by atoms with van der Waals surface area (Å²) in [7, 11) is 0. The van der Waals surface area contributed by atoms with Crippen molar-refractivity contribution in [1.29, 1.82) is 0 Å². The lowest BCUT2D eigenvalue weighted by Gasteiger charge is -2.27. The highest BCUT2D eigenvalue weighted by Gasteiger charge is 2.39.